The number of nitrogens with two attached hydrogens (primary N) is 1. The number of fused-ring (bicyclic) bond motifs is 1. The number of rotatable bonds is 3. The van der Waals surface area contributed by atoms with Crippen molar-refractivity contribution in [2.75, 3.05) is 0 Å². The molecule has 2 aromatic carbocycles. The van der Waals surface area contributed by atoms with Crippen LogP contribution in [0, 0.1) is 23.3 Å². The van der Waals surface area contributed by atoms with E-state index in [2.05, 4.69) is 5.32 Å². The second-order valence-electron chi connectivity index (χ2n) is 6.17. The van der Waals surface area contributed by atoms with Gasteiger partial charge in [-0.25, -0.2) is 31.1 Å². The van der Waals surface area contributed by atoms with Crippen LogP contribution in [0.3, 0.4) is 0 Å². The average molecular weight is 402 g/mol. The molecule has 1 amide bonds. The zero-order valence-electron chi connectivity index (χ0n) is 13.7. The van der Waals surface area contributed by atoms with Gasteiger partial charge in [-0.05, 0) is 42.5 Å². The standard InChI is InChI=1S/C17H14F4N2O3S/c18-11-7-12(19)16(21)14(15(11)20)17(24)23-13-3-1-2-8-6-9(27(22,25)26)4-5-10(8)13/h4-7,13H,1-3H2,(H,23,24)(H2,22,25,26). The lowest BCUT2D eigenvalue weighted by Gasteiger charge is -2.27. The van der Waals surface area contributed by atoms with Gasteiger partial charge in [-0.3, -0.25) is 4.79 Å². The van der Waals surface area contributed by atoms with Crippen LogP contribution in [-0.4, -0.2) is 14.3 Å². The third kappa shape index (κ3) is 3.67. The van der Waals surface area contributed by atoms with Crippen LogP contribution in [0.2, 0.25) is 0 Å². The van der Waals surface area contributed by atoms with Crippen molar-refractivity contribution in [3.8, 4) is 0 Å². The molecule has 10 heteroatoms. The highest BCUT2D eigenvalue weighted by atomic mass is 32.2. The van der Waals surface area contributed by atoms with Gasteiger partial charge in [-0.2, -0.15) is 0 Å². The van der Waals surface area contributed by atoms with Gasteiger partial charge in [-0.1, -0.05) is 6.07 Å². The lowest BCUT2D eigenvalue weighted by molar-refractivity contribution is 0.0921. The van der Waals surface area contributed by atoms with Crippen LogP contribution in [0.4, 0.5) is 17.6 Å². The Balaban J connectivity index is 1.94. The third-order valence-corrected chi connectivity index (χ3v) is 5.31. The van der Waals surface area contributed by atoms with E-state index in [-0.39, 0.29) is 11.0 Å². The van der Waals surface area contributed by atoms with Crippen molar-refractivity contribution in [3.63, 3.8) is 0 Å². The number of hydrogen-bond acceptors (Lipinski definition) is 3. The number of carbonyl (C=O) groups excluding carboxylic acids is 1. The smallest absolute Gasteiger partial charge is 0.257 e. The average Bonchev–Trinajstić information content (AvgIpc) is 2.59. The maximum Gasteiger partial charge on any atom is 0.257 e. The molecule has 144 valence electrons. The number of carbonyl (C=O) groups is 1. The molecule has 3 rings (SSSR count). The van der Waals surface area contributed by atoms with E-state index >= 15 is 0 Å². The van der Waals surface area contributed by atoms with E-state index < -0.39 is 50.8 Å². The molecule has 0 aromatic heterocycles. The second kappa shape index (κ2) is 6.93. The summed E-state index contributed by atoms with van der Waals surface area (Å²) < 4.78 is 77.2. The first-order chi connectivity index (χ1) is 12.6. The van der Waals surface area contributed by atoms with Crippen LogP contribution in [0.1, 0.15) is 40.4 Å². The second-order valence-corrected chi connectivity index (χ2v) is 7.73. The van der Waals surface area contributed by atoms with Crippen LogP contribution < -0.4 is 10.5 Å². The fraction of sp³-hybridized carbons (Fsp3) is 0.235. The van der Waals surface area contributed by atoms with Crippen molar-refractivity contribution in [1.82, 2.24) is 5.32 Å². The molecule has 0 heterocycles. The fourth-order valence-corrected chi connectivity index (χ4v) is 3.68. The lowest BCUT2D eigenvalue weighted by atomic mass is 9.87. The Kier molecular flexibility index (Phi) is 4.96. The van der Waals surface area contributed by atoms with Crippen LogP contribution in [0.5, 0.6) is 0 Å². The fourth-order valence-electron chi connectivity index (χ4n) is 3.12. The molecule has 0 saturated carbocycles. The van der Waals surface area contributed by atoms with Gasteiger partial charge in [-0.15, -0.1) is 0 Å². The minimum absolute atomic E-state index is 0.0200. The molecule has 27 heavy (non-hydrogen) atoms. The highest BCUT2D eigenvalue weighted by Crippen LogP contribution is 2.32. The first-order valence-electron chi connectivity index (χ1n) is 7.89. The SMILES string of the molecule is NS(=O)(=O)c1ccc2c(c1)CCCC2NC(=O)c1c(F)c(F)cc(F)c1F. The van der Waals surface area contributed by atoms with E-state index in [4.69, 9.17) is 5.14 Å². The van der Waals surface area contributed by atoms with Gasteiger partial charge >= 0.3 is 0 Å². The highest BCUT2D eigenvalue weighted by Gasteiger charge is 2.29. The minimum Gasteiger partial charge on any atom is -0.345 e. The molecule has 1 aliphatic rings. The molecular formula is C17H14F4N2O3S. The number of nitrogens with one attached hydrogen (secondary N) is 1. The molecule has 5 nitrogen and oxygen atoms in total. The normalized spacial score (nSPS) is 16.7. The Hall–Kier alpha value is -2.46. The van der Waals surface area contributed by atoms with Crippen molar-refractivity contribution < 1.29 is 30.8 Å². The van der Waals surface area contributed by atoms with Crippen molar-refractivity contribution in [2.45, 2.75) is 30.2 Å². The van der Waals surface area contributed by atoms with Crippen LogP contribution in [0.25, 0.3) is 0 Å². The number of benzene rings is 2. The Morgan fingerprint density at radius 2 is 1.70 bits per heavy atom. The van der Waals surface area contributed by atoms with E-state index in [0.29, 0.717) is 30.4 Å². The zero-order valence-corrected chi connectivity index (χ0v) is 14.5. The first-order valence-corrected chi connectivity index (χ1v) is 9.43. The van der Waals surface area contributed by atoms with Gasteiger partial charge in [0.1, 0.15) is 5.56 Å². The van der Waals surface area contributed by atoms with E-state index in [0.717, 1.165) is 0 Å². The van der Waals surface area contributed by atoms with Crippen molar-refractivity contribution in [2.24, 2.45) is 5.14 Å². The predicted octanol–water partition coefficient (Wildman–Crippen LogP) is 2.70. The largest absolute Gasteiger partial charge is 0.345 e. The Bertz CT molecular complexity index is 1010. The van der Waals surface area contributed by atoms with Gasteiger partial charge in [0.05, 0.1) is 10.9 Å². The molecule has 1 aliphatic carbocycles. The van der Waals surface area contributed by atoms with E-state index in [1.807, 2.05) is 0 Å². The maximum atomic E-state index is 13.8. The summed E-state index contributed by atoms with van der Waals surface area (Å²) in [5.74, 6) is -8.24. The maximum absolute atomic E-state index is 13.8. The molecule has 0 saturated heterocycles. The molecule has 0 bridgehead atoms. The summed E-state index contributed by atoms with van der Waals surface area (Å²) in [5.41, 5.74) is -0.204. The molecular weight excluding hydrogens is 388 g/mol. The topological polar surface area (TPSA) is 89.3 Å². The van der Waals surface area contributed by atoms with E-state index in [1.165, 1.54) is 18.2 Å². The monoisotopic (exact) mass is 402 g/mol. The zero-order chi connectivity index (χ0) is 19.9. The molecule has 3 N–H and O–H groups in total. The molecule has 1 unspecified atom stereocenters. The molecule has 0 spiro atoms. The van der Waals surface area contributed by atoms with Crippen LogP contribution >= 0.6 is 0 Å². The Morgan fingerprint density at radius 3 is 2.30 bits per heavy atom. The third-order valence-electron chi connectivity index (χ3n) is 4.40. The highest BCUT2D eigenvalue weighted by molar-refractivity contribution is 7.89. The Morgan fingerprint density at radius 1 is 1.07 bits per heavy atom. The van der Waals surface area contributed by atoms with Crippen molar-refractivity contribution >= 4 is 15.9 Å². The number of aryl methyl sites for hydroxylation is 1. The summed E-state index contributed by atoms with van der Waals surface area (Å²) in [7, 11) is -3.91. The predicted molar refractivity (Wildman–Crippen MR) is 87.2 cm³/mol. The molecule has 0 fully saturated rings. The molecule has 0 aliphatic heterocycles. The molecule has 2 aromatic rings. The van der Waals surface area contributed by atoms with E-state index in [1.54, 1.807) is 0 Å². The van der Waals surface area contributed by atoms with Gasteiger partial charge in [0.2, 0.25) is 10.0 Å². The summed E-state index contributed by atoms with van der Waals surface area (Å²) >= 11 is 0. The first kappa shape index (κ1) is 19.3. The number of primary sulfonamides is 1. The summed E-state index contributed by atoms with van der Waals surface area (Å²) in [6.45, 7) is 0. The summed E-state index contributed by atoms with van der Waals surface area (Å²) in [6.07, 6.45) is 1.46. The van der Waals surface area contributed by atoms with Crippen molar-refractivity contribution in [1.29, 1.82) is 0 Å². The molecule has 1 atom stereocenters. The van der Waals surface area contributed by atoms with Gasteiger partial charge in [0, 0.05) is 6.07 Å². The Labute approximate surface area is 152 Å². The number of amides is 1. The van der Waals surface area contributed by atoms with Crippen LogP contribution in [0.15, 0.2) is 29.2 Å². The number of sulfonamides is 1. The molecule has 0 radical (unpaired) electrons. The number of hydrogen-bond donors (Lipinski definition) is 2. The summed E-state index contributed by atoms with van der Waals surface area (Å²) in [5, 5.41) is 7.44. The van der Waals surface area contributed by atoms with Crippen LogP contribution in [-0.2, 0) is 16.4 Å². The van der Waals surface area contributed by atoms with E-state index in [9.17, 15) is 30.8 Å². The van der Waals surface area contributed by atoms with Gasteiger partial charge < -0.3 is 5.32 Å². The lowest BCUT2D eigenvalue weighted by Crippen LogP contribution is -2.32. The van der Waals surface area contributed by atoms with Gasteiger partial charge in [0.25, 0.3) is 5.91 Å². The minimum atomic E-state index is -3.91. The summed E-state index contributed by atoms with van der Waals surface area (Å²) in [4.78, 5) is 12.2. The quantitative estimate of drug-likeness (QED) is 0.611. The van der Waals surface area contributed by atoms with Crippen molar-refractivity contribution in [3.05, 3.63) is 64.2 Å². The van der Waals surface area contributed by atoms with Gasteiger partial charge in [0.15, 0.2) is 23.3 Å². The number of halogens is 4. The summed E-state index contributed by atoms with van der Waals surface area (Å²) in [6, 6.07) is 3.37.